The number of amides is 2. The summed E-state index contributed by atoms with van der Waals surface area (Å²) in [5.41, 5.74) is 0. The molecule has 0 aliphatic heterocycles. The summed E-state index contributed by atoms with van der Waals surface area (Å²) in [5.74, 6) is -2.38. The van der Waals surface area contributed by atoms with Crippen molar-refractivity contribution < 1.29 is 29.7 Å². The molecule has 8 heteroatoms. The highest BCUT2D eigenvalue weighted by molar-refractivity contribution is 5.83. The number of urea groups is 1. The van der Waals surface area contributed by atoms with Gasteiger partial charge in [0, 0.05) is 19.0 Å². The monoisotopic (exact) mass is 274 g/mol. The molecule has 1 rings (SSSR count). The van der Waals surface area contributed by atoms with Crippen LogP contribution >= 0.6 is 0 Å². The summed E-state index contributed by atoms with van der Waals surface area (Å²) in [7, 11) is 0. The van der Waals surface area contributed by atoms with Crippen molar-refractivity contribution in [1.29, 1.82) is 0 Å². The summed E-state index contributed by atoms with van der Waals surface area (Å²) < 4.78 is 0. The second-order valence-corrected chi connectivity index (χ2v) is 4.42. The molecule has 0 aromatic heterocycles. The number of rotatable bonds is 8. The first-order chi connectivity index (χ1) is 8.95. The van der Waals surface area contributed by atoms with Crippen LogP contribution in [-0.4, -0.2) is 63.4 Å². The average Bonchev–Trinajstić information content (AvgIpc) is 3.14. The van der Waals surface area contributed by atoms with Gasteiger partial charge in [0.25, 0.3) is 0 Å². The molecule has 0 radical (unpaired) electrons. The van der Waals surface area contributed by atoms with Crippen LogP contribution in [0.1, 0.15) is 25.7 Å². The van der Waals surface area contributed by atoms with E-state index in [1.807, 2.05) is 0 Å². The van der Waals surface area contributed by atoms with Crippen LogP contribution in [0.4, 0.5) is 4.79 Å². The molecule has 0 spiro atoms. The van der Waals surface area contributed by atoms with Gasteiger partial charge in [-0.25, -0.2) is 9.59 Å². The third kappa shape index (κ3) is 5.12. The summed E-state index contributed by atoms with van der Waals surface area (Å²) in [6, 6.07) is -1.76. The van der Waals surface area contributed by atoms with E-state index in [-0.39, 0.29) is 32.0 Å². The van der Waals surface area contributed by atoms with Crippen LogP contribution in [-0.2, 0) is 9.59 Å². The third-order valence-electron chi connectivity index (χ3n) is 2.83. The van der Waals surface area contributed by atoms with E-state index in [0.29, 0.717) is 0 Å². The van der Waals surface area contributed by atoms with E-state index in [1.54, 1.807) is 0 Å². The number of aliphatic hydroxyl groups excluding tert-OH is 1. The number of aliphatic hydroxyl groups is 1. The smallest absolute Gasteiger partial charge is 0.326 e. The number of hydrogen-bond donors (Lipinski definition) is 4. The molecule has 0 aromatic carbocycles. The summed E-state index contributed by atoms with van der Waals surface area (Å²) >= 11 is 0. The molecule has 4 N–H and O–H groups in total. The number of carboxylic acids is 2. The van der Waals surface area contributed by atoms with Gasteiger partial charge in [0.15, 0.2) is 0 Å². The van der Waals surface area contributed by atoms with Crippen molar-refractivity contribution in [3.63, 3.8) is 0 Å². The molecule has 19 heavy (non-hydrogen) atoms. The molecule has 8 nitrogen and oxygen atoms in total. The Labute approximate surface area is 110 Å². The van der Waals surface area contributed by atoms with Crippen LogP contribution < -0.4 is 5.32 Å². The second-order valence-electron chi connectivity index (χ2n) is 4.42. The molecule has 1 atom stereocenters. The van der Waals surface area contributed by atoms with E-state index in [2.05, 4.69) is 5.32 Å². The zero-order valence-corrected chi connectivity index (χ0v) is 10.4. The normalized spacial score (nSPS) is 15.6. The van der Waals surface area contributed by atoms with Crippen molar-refractivity contribution in [1.82, 2.24) is 10.2 Å². The summed E-state index contributed by atoms with van der Waals surface area (Å²) in [6.07, 6.45) is 1.16. The maximum atomic E-state index is 11.9. The van der Waals surface area contributed by atoms with Crippen molar-refractivity contribution in [3.8, 4) is 0 Å². The van der Waals surface area contributed by atoms with Gasteiger partial charge in [-0.15, -0.1) is 0 Å². The molecule has 0 unspecified atom stereocenters. The number of carbonyl (C=O) groups is 3. The Morgan fingerprint density at radius 3 is 2.32 bits per heavy atom. The average molecular weight is 274 g/mol. The van der Waals surface area contributed by atoms with E-state index in [0.717, 1.165) is 12.8 Å². The van der Waals surface area contributed by atoms with Gasteiger partial charge in [-0.05, 0) is 19.3 Å². The number of hydrogen-bond acceptors (Lipinski definition) is 4. The summed E-state index contributed by atoms with van der Waals surface area (Å²) in [4.78, 5) is 34.6. The maximum Gasteiger partial charge on any atom is 0.326 e. The molecule has 1 aliphatic carbocycles. The highest BCUT2D eigenvalue weighted by Crippen LogP contribution is 2.26. The Hall–Kier alpha value is -1.83. The molecular weight excluding hydrogens is 256 g/mol. The lowest BCUT2D eigenvalue weighted by molar-refractivity contribution is -0.140. The quantitative estimate of drug-likeness (QED) is 0.471. The molecule has 0 saturated heterocycles. The van der Waals surface area contributed by atoms with Crippen molar-refractivity contribution in [2.45, 2.75) is 37.8 Å². The molecular formula is C11H18N2O6. The second kappa shape index (κ2) is 6.93. The van der Waals surface area contributed by atoms with Crippen LogP contribution in [0.25, 0.3) is 0 Å². The van der Waals surface area contributed by atoms with Gasteiger partial charge in [-0.2, -0.15) is 0 Å². The minimum absolute atomic E-state index is 0.0427. The largest absolute Gasteiger partial charge is 0.481 e. The molecule has 0 heterocycles. The Morgan fingerprint density at radius 1 is 1.26 bits per heavy atom. The van der Waals surface area contributed by atoms with Gasteiger partial charge in [-0.1, -0.05) is 0 Å². The van der Waals surface area contributed by atoms with Crippen molar-refractivity contribution in [3.05, 3.63) is 0 Å². The minimum Gasteiger partial charge on any atom is -0.481 e. The number of carboxylic acid groups (broad SMARTS) is 2. The zero-order valence-electron chi connectivity index (χ0n) is 10.4. The SMILES string of the molecule is O=C(O)CC[C@H](NC(=O)N(CCO)C1CC1)C(=O)O. The van der Waals surface area contributed by atoms with Crippen molar-refractivity contribution in [2.75, 3.05) is 13.2 Å². The zero-order chi connectivity index (χ0) is 14.4. The van der Waals surface area contributed by atoms with Gasteiger partial charge >= 0.3 is 18.0 Å². The van der Waals surface area contributed by atoms with Gasteiger partial charge in [0.05, 0.1) is 6.61 Å². The summed E-state index contributed by atoms with van der Waals surface area (Å²) in [6.45, 7) is -0.0570. The van der Waals surface area contributed by atoms with Crippen molar-refractivity contribution in [2.24, 2.45) is 0 Å². The number of nitrogens with zero attached hydrogens (tertiary/aromatic N) is 1. The van der Waals surface area contributed by atoms with Gasteiger partial charge in [-0.3, -0.25) is 4.79 Å². The first kappa shape index (κ1) is 15.2. The number of aliphatic carboxylic acids is 2. The topological polar surface area (TPSA) is 127 Å². The molecule has 0 aromatic rings. The van der Waals surface area contributed by atoms with E-state index >= 15 is 0 Å². The Balaban J connectivity index is 2.53. The first-order valence-corrected chi connectivity index (χ1v) is 6.08. The Bertz CT molecular complexity index is 355. The van der Waals surface area contributed by atoms with Crippen LogP contribution in [0, 0.1) is 0 Å². The van der Waals surface area contributed by atoms with E-state index in [9.17, 15) is 14.4 Å². The number of carbonyl (C=O) groups excluding carboxylic acids is 1. The molecule has 1 saturated carbocycles. The van der Waals surface area contributed by atoms with Crippen LogP contribution in [0.15, 0.2) is 0 Å². The Kier molecular flexibility index (Phi) is 5.56. The van der Waals surface area contributed by atoms with Crippen LogP contribution in [0.2, 0.25) is 0 Å². The first-order valence-electron chi connectivity index (χ1n) is 6.08. The van der Waals surface area contributed by atoms with E-state index < -0.39 is 24.0 Å². The summed E-state index contributed by atoms with van der Waals surface area (Å²) in [5, 5.41) is 28.6. The standard InChI is InChI=1S/C11H18N2O6/c14-6-5-13(7-1-2-7)11(19)12-8(10(17)18)3-4-9(15)16/h7-8,14H,1-6H2,(H,12,19)(H,15,16)(H,17,18)/t8-/m0/s1. The molecule has 1 fully saturated rings. The predicted octanol–water partition coefficient (Wildman–Crippen LogP) is -0.529. The van der Waals surface area contributed by atoms with E-state index in [1.165, 1.54) is 4.90 Å². The Morgan fingerprint density at radius 2 is 1.89 bits per heavy atom. The lowest BCUT2D eigenvalue weighted by atomic mass is 10.1. The number of nitrogens with one attached hydrogen (secondary N) is 1. The molecule has 108 valence electrons. The third-order valence-corrected chi connectivity index (χ3v) is 2.83. The van der Waals surface area contributed by atoms with Gasteiger partial charge < -0.3 is 25.5 Å². The van der Waals surface area contributed by atoms with Crippen molar-refractivity contribution >= 4 is 18.0 Å². The molecule has 0 bridgehead atoms. The highest BCUT2D eigenvalue weighted by Gasteiger charge is 2.33. The fraction of sp³-hybridized carbons (Fsp3) is 0.727. The maximum absolute atomic E-state index is 11.9. The highest BCUT2D eigenvalue weighted by atomic mass is 16.4. The molecule has 2 amide bonds. The fourth-order valence-corrected chi connectivity index (χ4v) is 1.70. The van der Waals surface area contributed by atoms with Gasteiger partial charge in [0.2, 0.25) is 0 Å². The fourth-order valence-electron chi connectivity index (χ4n) is 1.70. The predicted molar refractivity (Wildman–Crippen MR) is 63.6 cm³/mol. The van der Waals surface area contributed by atoms with Crippen LogP contribution in [0.5, 0.6) is 0 Å². The molecule has 1 aliphatic rings. The van der Waals surface area contributed by atoms with Crippen LogP contribution in [0.3, 0.4) is 0 Å². The van der Waals surface area contributed by atoms with E-state index in [4.69, 9.17) is 15.3 Å². The lowest BCUT2D eigenvalue weighted by Crippen LogP contribution is -2.49. The minimum atomic E-state index is -1.27. The van der Waals surface area contributed by atoms with Gasteiger partial charge in [0.1, 0.15) is 6.04 Å². The lowest BCUT2D eigenvalue weighted by Gasteiger charge is -2.24.